The minimum Gasteiger partial charge on any atom is -0.397 e. The Hall–Kier alpha value is -2.14. The van der Waals surface area contributed by atoms with E-state index in [-0.39, 0.29) is 11.9 Å². The molecule has 4 nitrogen and oxygen atoms in total. The Bertz CT molecular complexity index is 947. The van der Waals surface area contributed by atoms with Crippen LogP contribution in [-0.2, 0) is 0 Å². The molecule has 1 aromatic carbocycles. The number of rotatable bonds is 1. The number of aromatic nitrogens is 1. The number of anilines is 1. The summed E-state index contributed by atoms with van der Waals surface area (Å²) in [6.07, 6.45) is 3.33. The summed E-state index contributed by atoms with van der Waals surface area (Å²) in [6.45, 7) is 5.00. The number of hydrogen-bond donors (Lipinski definition) is 1. The molecule has 1 saturated heterocycles. The third kappa shape index (κ3) is 2.44. The number of fused-ring (bicyclic) bond motifs is 2. The Morgan fingerprint density at radius 2 is 2.17 bits per heavy atom. The highest BCUT2D eigenvalue weighted by Gasteiger charge is 2.28. The van der Waals surface area contributed by atoms with Crippen molar-refractivity contribution in [3.8, 4) is 0 Å². The second-order valence-corrected chi connectivity index (χ2v) is 7.72. The highest BCUT2D eigenvalue weighted by atomic mass is 32.1. The van der Waals surface area contributed by atoms with Gasteiger partial charge in [0.2, 0.25) is 0 Å². The van der Waals surface area contributed by atoms with Gasteiger partial charge >= 0.3 is 0 Å². The van der Waals surface area contributed by atoms with Crippen LogP contribution in [0.15, 0.2) is 24.3 Å². The number of nitrogens with two attached hydrogens (primary N) is 1. The number of aryl methyl sites for hydroxylation is 1. The fraction of sp³-hybridized carbons (Fsp3) is 0.368. The maximum Gasteiger partial charge on any atom is 0.266 e. The van der Waals surface area contributed by atoms with Gasteiger partial charge in [0.05, 0.1) is 11.2 Å². The van der Waals surface area contributed by atoms with E-state index in [1.165, 1.54) is 23.3 Å². The fourth-order valence-corrected chi connectivity index (χ4v) is 4.53. The van der Waals surface area contributed by atoms with Crippen molar-refractivity contribution >= 4 is 44.1 Å². The molecule has 0 aliphatic carbocycles. The van der Waals surface area contributed by atoms with E-state index in [0.717, 1.165) is 40.5 Å². The summed E-state index contributed by atoms with van der Waals surface area (Å²) >= 11 is 1.42. The molecular weight excluding hydrogens is 318 g/mol. The normalized spacial score (nSPS) is 18.4. The van der Waals surface area contributed by atoms with Crippen molar-refractivity contribution in [2.75, 3.05) is 12.3 Å². The molecule has 0 radical (unpaired) electrons. The first-order valence-corrected chi connectivity index (χ1v) is 9.26. The molecule has 1 atom stereocenters. The molecule has 3 aromatic rings. The largest absolute Gasteiger partial charge is 0.397 e. The molecule has 0 unspecified atom stereocenters. The summed E-state index contributed by atoms with van der Waals surface area (Å²) in [5.74, 6) is 0.0583. The van der Waals surface area contributed by atoms with Crippen LogP contribution in [0.25, 0.3) is 21.1 Å². The van der Waals surface area contributed by atoms with Crippen LogP contribution in [0.4, 0.5) is 5.69 Å². The zero-order valence-corrected chi connectivity index (χ0v) is 14.8. The van der Waals surface area contributed by atoms with Crippen molar-refractivity contribution in [3.05, 3.63) is 34.7 Å². The van der Waals surface area contributed by atoms with Gasteiger partial charge in [-0.25, -0.2) is 4.98 Å². The van der Waals surface area contributed by atoms with Crippen LogP contribution in [0.2, 0.25) is 0 Å². The van der Waals surface area contributed by atoms with Gasteiger partial charge in [0.25, 0.3) is 5.91 Å². The third-order valence-corrected chi connectivity index (χ3v) is 6.03. The van der Waals surface area contributed by atoms with Gasteiger partial charge in [0.15, 0.2) is 0 Å². The highest BCUT2D eigenvalue weighted by molar-refractivity contribution is 7.21. The molecule has 2 aromatic heterocycles. The predicted molar refractivity (Wildman–Crippen MR) is 101 cm³/mol. The summed E-state index contributed by atoms with van der Waals surface area (Å²) < 4.78 is 0. The number of nitrogen functional groups attached to an aromatic ring is 1. The zero-order valence-electron chi connectivity index (χ0n) is 14.0. The Morgan fingerprint density at radius 1 is 1.33 bits per heavy atom. The molecular formula is C19H21N3OS. The number of carbonyl (C=O) groups is 1. The van der Waals surface area contributed by atoms with E-state index >= 15 is 0 Å². The number of piperidine rings is 1. The number of nitrogens with zero attached hydrogens (tertiary/aromatic N) is 2. The number of pyridine rings is 1. The number of hydrogen-bond acceptors (Lipinski definition) is 4. The summed E-state index contributed by atoms with van der Waals surface area (Å²) in [5, 5.41) is 1.95. The lowest BCUT2D eigenvalue weighted by Crippen LogP contribution is -2.41. The second-order valence-electron chi connectivity index (χ2n) is 6.73. The lowest BCUT2D eigenvalue weighted by atomic mass is 10.0. The summed E-state index contributed by atoms with van der Waals surface area (Å²) in [4.78, 5) is 21.2. The van der Waals surface area contributed by atoms with Crippen LogP contribution < -0.4 is 5.73 Å². The van der Waals surface area contributed by atoms with E-state index in [9.17, 15) is 4.79 Å². The number of likely N-dealkylation sites (tertiary alicyclic amines) is 1. The van der Waals surface area contributed by atoms with E-state index < -0.39 is 0 Å². The highest BCUT2D eigenvalue weighted by Crippen LogP contribution is 2.36. The van der Waals surface area contributed by atoms with Crippen LogP contribution >= 0.6 is 11.3 Å². The van der Waals surface area contributed by atoms with Gasteiger partial charge in [0.1, 0.15) is 9.71 Å². The SMILES string of the molecule is Cc1ccc2cc3c(N)c(C(=O)N4CCCC[C@@H]4C)sc3nc2c1. The average Bonchev–Trinajstić information content (AvgIpc) is 2.89. The van der Waals surface area contributed by atoms with E-state index in [1.54, 1.807) is 0 Å². The van der Waals surface area contributed by atoms with Crippen molar-refractivity contribution in [2.45, 2.75) is 39.2 Å². The van der Waals surface area contributed by atoms with Gasteiger partial charge in [-0.2, -0.15) is 0 Å². The van der Waals surface area contributed by atoms with Gasteiger partial charge in [-0.05, 0) is 50.8 Å². The van der Waals surface area contributed by atoms with Crippen molar-refractivity contribution < 1.29 is 4.79 Å². The minimum atomic E-state index is 0.0583. The first-order valence-electron chi connectivity index (χ1n) is 8.45. The van der Waals surface area contributed by atoms with Crippen molar-refractivity contribution in [3.63, 3.8) is 0 Å². The van der Waals surface area contributed by atoms with Crippen molar-refractivity contribution in [1.82, 2.24) is 9.88 Å². The molecule has 1 amide bonds. The molecule has 24 heavy (non-hydrogen) atoms. The molecule has 124 valence electrons. The second kappa shape index (κ2) is 5.74. The van der Waals surface area contributed by atoms with Crippen LogP contribution in [0.3, 0.4) is 0 Å². The molecule has 1 aliphatic rings. The quantitative estimate of drug-likeness (QED) is 0.717. The Morgan fingerprint density at radius 3 is 2.96 bits per heavy atom. The maximum absolute atomic E-state index is 13.0. The predicted octanol–water partition coefficient (Wildman–Crippen LogP) is 4.35. The van der Waals surface area contributed by atoms with Crippen LogP contribution in [-0.4, -0.2) is 28.4 Å². The summed E-state index contributed by atoms with van der Waals surface area (Å²) in [5.41, 5.74) is 9.04. The lowest BCUT2D eigenvalue weighted by Gasteiger charge is -2.33. The smallest absolute Gasteiger partial charge is 0.266 e. The van der Waals surface area contributed by atoms with Gasteiger partial charge < -0.3 is 10.6 Å². The van der Waals surface area contributed by atoms with Gasteiger partial charge in [0, 0.05) is 23.4 Å². The first kappa shape index (κ1) is 15.4. The van der Waals surface area contributed by atoms with E-state index in [0.29, 0.717) is 10.6 Å². The monoisotopic (exact) mass is 339 g/mol. The maximum atomic E-state index is 13.0. The lowest BCUT2D eigenvalue weighted by molar-refractivity contribution is 0.0642. The molecule has 1 aliphatic heterocycles. The zero-order chi connectivity index (χ0) is 16.8. The Balaban J connectivity index is 1.82. The summed E-state index contributed by atoms with van der Waals surface area (Å²) in [6, 6.07) is 8.53. The first-order chi connectivity index (χ1) is 11.5. The van der Waals surface area contributed by atoms with Gasteiger partial charge in [-0.1, -0.05) is 12.1 Å². The molecule has 5 heteroatoms. The van der Waals surface area contributed by atoms with E-state index in [1.807, 2.05) is 4.90 Å². The molecule has 0 bridgehead atoms. The Kier molecular flexibility index (Phi) is 3.68. The molecule has 0 spiro atoms. The van der Waals surface area contributed by atoms with E-state index in [2.05, 4.69) is 38.1 Å². The van der Waals surface area contributed by atoms with Crippen LogP contribution in [0, 0.1) is 6.92 Å². The topological polar surface area (TPSA) is 59.2 Å². The standard InChI is InChI=1S/C19H21N3OS/c1-11-6-7-13-10-14-16(20)17(24-18(14)21-15(13)9-11)19(23)22-8-4-3-5-12(22)2/h6-7,9-10,12H,3-5,8,20H2,1-2H3/t12-/m0/s1. The molecule has 1 fully saturated rings. The molecule has 2 N–H and O–H groups in total. The van der Waals surface area contributed by atoms with Crippen molar-refractivity contribution in [1.29, 1.82) is 0 Å². The Labute approximate surface area is 145 Å². The van der Waals surface area contributed by atoms with Crippen LogP contribution in [0.5, 0.6) is 0 Å². The van der Waals surface area contributed by atoms with Gasteiger partial charge in [-0.3, -0.25) is 4.79 Å². The van der Waals surface area contributed by atoms with E-state index in [4.69, 9.17) is 10.7 Å². The molecule has 4 rings (SSSR count). The minimum absolute atomic E-state index is 0.0583. The number of amides is 1. The summed E-state index contributed by atoms with van der Waals surface area (Å²) in [7, 11) is 0. The fourth-order valence-electron chi connectivity index (χ4n) is 3.49. The molecule has 3 heterocycles. The average molecular weight is 339 g/mol. The van der Waals surface area contributed by atoms with Gasteiger partial charge in [-0.15, -0.1) is 11.3 Å². The number of benzene rings is 1. The third-order valence-electron chi connectivity index (χ3n) is 4.93. The number of thiophene rings is 1. The number of carbonyl (C=O) groups excluding carboxylic acids is 1. The van der Waals surface area contributed by atoms with Crippen LogP contribution in [0.1, 0.15) is 41.4 Å². The van der Waals surface area contributed by atoms with Crippen molar-refractivity contribution in [2.24, 2.45) is 0 Å². The molecule has 0 saturated carbocycles.